The molecule has 1 unspecified atom stereocenters. The molecule has 0 amide bonds. The Hall–Kier alpha value is -1.06. The molecule has 3 aromatic rings. The van der Waals surface area contributed by atoms with Crippen molar-refractivity contribution < 1.29 is 57.7 Å². The Labute approximate surface area is 338 Å². The Morgan fingerprint density at radius 1 is 0.480 bits per heavy atom. The molecule has 1 aliphatic carbocycles. The summed E-state index contributed by atoms with van der Waals surface area (Å²) in [4.78, 5) is 0. The van der Waals surface area contributed by atoms with E-state index in [2.05, 4.69) is 178 Å². The van der Waals surface area contributed by atoms with Gasteiger partial charge in [-0.1, -0.05) is 0 Å². The van der Waals surface area contributed by atoms with E-state index in [-0.39, 0.29) is 37.2 Å². The Morgan fingerprint density at radius 2 is 0.740 bits per heavy atom. The van der Waals surface area contributed by atoms with Crippen molar-refractivity contribution in [3.05, 3.63) is 109 Å². The smallest absolute Gasteiger partial charge is 1.00 e. The van der Waals surface area contributed by atoms with Crippen LogP contribution in [0.1, 0.15) is 179 Å². The van der Waals surface area contributed by atoms with Gasteiger partial charge in [-0.3, -0.25) is 0 Å². The average Bonchev–Trinajstić information content (AvgIpc) is 3.41. The third-order valence-corrected chi connectivity index (χ3v) is 17.1. The van der Waals surface area contributed by atoms with E-state index in [1.54, 1.807) is 30.2 Å². The van der Waals surface area contributed by atoms with Crippen LogP contribution in [0.25, 0.3) is 0 Å². The number of allylic oxidation sites excluding steroid dienone is 4. The van der Waals surface area contributed by atoms with Gasteiger partial charge >= 0.3 is 304 Å². The van der Waals surface area contributed by atoms with Gasteiger partial charge in [-0.25, -0.2) is 0 Å². The van der Waals surface area contributed by atoms with Crippen molar-refractivity contribution >= 4 is 23.6 Å². The number of benzene rings is 3. The van der Waals surface area contributed by atoms with Gasteiger partial charge in [-0.05, 0) is 0 Å². The Morgan fingerprint density at radius 3 is 0.960 bits per heavy atom. The molecule has 5 heteroatoms. The zero-order valence-electron chi connectivity index (χ0n) is 33.4. The van der Waals surface area contributed by atoms with Crippen LogP contribution < -0.4 is 52.8 Å². The first kappa shape index (κ1) is 47.0. The maximum Gasteiger partial charge on any atom is -1.00 e. The van der Waals surface area contributed by atoms with Crippen LogP contribution in [0.3, 0.4) is 0 Å². The molecular formula is C45H63Cl3SiTi. The molecule has 1 aliphatic rings. The van der Waals surface area contributed by atoms with Gasteiger partial charge in [-0.2, -0.15) is 0 Å². The molecule has 0 N–H and O–H groups in total. The molecule has 0 bridgehead atoms. The summed E-state index contributed by atoms with van der Waals surface area (Å²) < 4.78 is 1.56. The fourth-order valence-electron chi connectivity index (χ4n) is 7.30. The van der Waals surface area contributed by atoms with Crippen LogP contribution in [0, 0.1) is 5.92 Å². The van der Waals surface area contributed by atoms with Crippen LogP contribution in [0.2, 0.25) is 0 Å². The van der Waals surface area contributed by atoms with Crippen LogP contribution in [0.4, 0.5) is 0 Å². The van der Waals surface area contributed by atoms with E-state index in [1.165, 1.54) is 39.8 Å². The molecule has 272 valence electrons. The third kappa shape index (κ3) is 9.53. The van der Waals surface area contributed by atoms with E-state index in [4.69, 9.17) is 0 Å². The summed E-state index contributed by atoms with van der Waals surface area (Å²) in [6.45, 7) is 33.3. The quantitative estimate of drug-likeness (QED) is 0.196. The predicted octanol–water partition coefficient (Wildman–Crippen LogP) is 2.63. The third-order valence-electron chi connectivity index (χ3n) is 10.9. The molecule has 50 heavy (non-hydrogen) atoms. The monoisotopic (exact) mass is 784 g/mol. The SMILES string of the molecule is CCC(C)C1=CCC([Si](c2cc(C(C)C)cc(C(C)C)c2)(c2cc(C(C)C)cc(C(C)C)c2)c2cc(C(C)C)cc(C(C)C)c2)=[C]1[Ti+3].[Cl-].[Cl-].[Cl-]. The fraction of sp³-hybridized carbons (Fsp3) is 0.511. The summed E-state index contributed by atoms with van der Waals surface area (Å²) in [5, 5.41) is 6.43. The van der Waals surface area contributed by atoms with E-state index < -0.39 is 8.07 Å². The van der Waals surface area contributed by atoms with E-state index in [1.807, 2.05) is 0 Å². The van der Waals surface area contributed by atoms with Gasteiger partial charge < -0.3 is 37.2 Å². The molecular weight excluding hydrogens is 723 g/mol. The first-order valence-corrected chi connectivity index (χ1v) is 21.4. The standard InChI is InChI=1S/C45H63Si.3ClH.Ti/c1-15-34(14)35-16-17-42(21-35)46(43-22-36(28(2)3)18-37(23-43)29(4)5,44-24-38(30(6)7)19-39(25-44)31(8)9)45-26-40(32(10)11)20-41(27-45)33(12)13;;;;/h16,18-20,22-34H,15,17H2,1-14H3;3*1H;/q;;;;+3/p-3. The Kier molecular flexibility index (Phi) is 18.1. The van der Waals surface area contributed by atoms with Crippen LogP contribution in [0.15, 0.2) is 75.3 Å². The summed E-state index contributed by atoms with van der Waals surface area (Å²) in [6.07, 6.45) is 4.83. The summed E-state index contributed by atoms with van der Waals surface area (Å²) in [6, 6.07) is 23.4. The van der Waals surface area contributed by atoms with Gasteiger partial charge in [0.15, 0.2) is 0 Å². The summed E-state index contributed by atoms with van der Waals surface area (Å²) in [5.41, 5.74) is 10.4. The normalized spacial score (nSPS) is 14.1. The summed E-state index contributed by atoms with van der Waals surface area (Å²) in [5.74, 6) is 3.36. The molecule has 3 aromatic carbocycles. The predicted molar refractivity (Wildman–Crippen MR) is 208 cm³/mol. The van der Waals surface area contributed by atoms with Gasteiger partial charge in [0.25, 0.3) is 0 Å². The molecule has 0 heterocycles. The second kappa shape index (κ2) is 19.3. The number of hydrogen-bond acceptors (Lipinski definition) is 0. The van der Waals surface area contributed by atoms with Crippen molar-refractivity contribution in [3.63, 3.8) is 0 Å². The van der Waals surface area contributed by atoms with E-state index in [0.29, 0.717) is 41.4 Å². The Balaban J connectivity index is 0.00000417. The average molecular weight is 786 g/mol. The second-order valence-electron chi connectivity index (χ2n) is 16.4. The van der Waals surface area contributed by atoms with Crippen molar-refractivity contribution in [1.29, 1.82) is 0 Å². The maximum absolute atomic E-state index is 2.79. The summed E-state index contributed by atoms with van der Waals surface area (Å²) >= 11 is 2.48. The van der Waals surface area contributed by atoms with Gasteiger partial charge in [0.05, 0.1) is 0 Å². The van der Waals surface area contributed by atoms with Crippen LogP contribution in [0.5, 0.6) is 0 Å². The molecule has 0 aliphatic heterocycles. The van der Waals surface area contributed by atoms with Gasteiger partial charge in [-0.15, -0.1) is 0 Å². The minimum atomic E-state index is -2.79. The van der Waals surface area contributed by atoms with Gasteiger partial charge in [0.2, 0.25) is 0 Å². The molecule has 0 fully saturated rings. The zero-order chi connectivity index (χ0) is 35.0. The molecule has 0 nitrogen and oxygen atoms in total. The molecule has 0 spiro atoms. The zero-order valence-corrected chi connectivity index (χ0v) is 38.2. The second-order valence-corrected chi connectivity index (χ2v) is 21.0. The number of rotatable bonds is 12. The molecule has 0 aromatic heterocycles. The molecule has 0 saturated carbocycles. The first-order chi connectivity index (χ1) is 22.0. The number of hydrogen-bond donors (Lipinski definition) is 0. The van der Waals surface area contributed by atoms with Crippen molar-refractivity contribution in [2.24, 2.45) is 5.92 Å². The largest absolute Gasteiger partial charge is 1.00 e. The fourth-order valence-corrected chi connectivity index (χ4v) is 14.2. The minimum Gasteiger partial charge on any atom is -1.00 e. The van der Waals surface area contributed by atoms with Gasteiger partial charge in [0, 0.05) is 0 Å². The van der Waals surface area contributed by atoms with Crippen LogP contribution in [-0.2, 0) is 20.4 Å². The number of halogens is 3. The van der Waals surface area contributed by atoms with E-state index >= 15 is 0 Å². The molecule has 1 atom stereocenters. The van der Waals surface area contributed by atoms with E-state index in [9.17, 15) is 0 Å². The topological polar surface area (TPSA) is 0 Å². The van der Waals surface area contributed by atoms with Crippen LogP contribution >= 0.6 is 0 Å². The van der Waals surface area contributed by atoms with Crippen molar-refractivity contribution in [3.8, 4) is 0 Å². The van der Waals surface area contributed by atoms with E-state index in [0.717, 1.165) is 6.42 Å². The molecule has 0 saturated heterocycles. The van der Waals surface area contributed by atoms with Crippen LogP contribution in [-0.4, -0.2) is 8.07 Å². The van der Waals surface area contributed by atoms with Crippen molar-refractivity contribution in [1.82, 2.24) is 0 Å². The van der Waals surface area contributed by atoms with Crippen molar-refractivity contribution in [2.45, 2.75) is 145 Å². The first-order valence-electron chi connectivity index (χ1n) is 18.6. The molecule has 0 radical (unpaired) electrons. The molecule has 4 rings (SSSR count). The van der Waals surface area contributed by atoms with Gasteiger partial charge in [0.1, 0.15) is 0 Å². The Bertz CT molecular complexity index is 1410. The van der Waals surface area contributed by atoms with Crippen molar-refractivity contribution in [2.75, 3.05) is 0 Å². The maximum atomic E-state index is 2.65. The summed E-state index contributed by atoms with van der Waals surface area (Å²) in [7, 11) is -2.79. The minimum absolute atomic E-state index is 0.